The van der Waals surface area contributed by atoms with Crippen molar-refractivity contribution in [1.82, 2.24) is 14.8 Å². The van der Waals surface area contributed by atoms with E-state index in [1.807, 2.05) is 37.5 Å². The Balaban J connectivity index is 2.15. The molecule has 0 unspecified atom stereocenters. The molecule has 6 nitrogen and oxygen atoms in total. The largest absolute Gasteiger partial charge is 0.370 e. The Kier molecular flexibility index (Phi) is 3.27. The van der Waals surface area contributed by atoms with Crippen LogP contribution in [0.15, 0.2) is 30.7 Å². The number of rotatable bonds is 4. The number of hydrogen-bond acceptors (Lipinski definition) is 4. The first-order valence-electron chi connectivity index (χ1n) is 5.51. The van der Waals surface area contributed by atoms with Crippen LogP contribution in [-0.2, 0) is 13.6 Å². The Labute approximate surface area is 105 Å². The lowest BCUT2D eigenvalue weighted by molar-refractivity contribution is 0.0995. The summed E-state index contributed by atoms with van der Waals surface area (Å²) in [5.41, 5.74) is 7.46. The van der Waals surface area contributed by atoms with Gasteiger partial charge in [-0.3, -0.25) is 14.5 Å². The first-order chi connectivity index (χ1) is 8.56. The molecule has 0 spiro atoms. The minimum absolute atomic E-state index is 0.269. The molecule has 1 amide bonds. The van der Waals surface area contributed by atoms with Gasteiger partial charge in [-0.15, -0.1) is 0 Å². The van der Waals surface area contributed by atoms with Gasteiger partial charge in [0.2, 0.25) is 0 Å². The van der Waals surface area contributed by atoms with Crippen molar-refractivity contribution >= 4 is 11.6 Å². The summed E-state index contributed by atoms with van der Waals surface area (Å²) >= 11 is 0. The Morgan fingerprint density at radius 1 is 1.56 bits per heavy atom. The van der Waals surface area contributed by atoms with Gasteiger partial charge in [0.25, 0.3) is 5.91 Å². The molecule has 2 rings (SSSR count). The van der Waals surface area contributed by atoms with Crippen molar-refractivity contribution in [1.29, 1.82) is 0 Å². The zero-order valence-electron chi connectivity index (χ0n) is 10.4. The summed E-state index contributed by atoms with van der Waals surface area (Å²) in [6.07, 6.45) is 5.34. The predicted octanol–water partition coefficient (Wildman–Crippen LogP) is 0.550. The van der Waals surface area contributed by atoms with Gasteiger partial charge < -0.3 is 10.6 Å². The summed E-state index contributed by atoms with van der Waals surface area (Å²) in [6.45, 7) is 0.704. The summed E-state index contributed by atoms with van der Waals surface area (Å²) in [7, 11) is 3.81. The number of primary amides is 1. The van der Waals surface area contributed by atoms with Crippen LogP contribution in [0.3, 0.4) is 0 Å². The van der Waals surface area contributed by atoms with Crippen LogP contribution in [-0.4, -0.2) is 27.7 Å². The van der Waals surface area contributed by atoms with Crippen molar-refractivity contribution < 1.29 is 4.79 Å². The third kappa shape index (κ3) is 2.65. The molecule has 94 valence electrons. The van der Waals surface area contributed by atoms with E-state index < -0.39 is 5.91 Å². The fourth-order valence-electron chi connectivity index (χ4n) is 1.71. The number of anilines is 1. The molecule has 0 saturated heterocycles. The smallest absolute Gasteiger partial charge is 0.267 e. The minimum atomic E-state index is -0.522. The zero-order valence-corrected chi connectivity index (χ0v) is 10.4. The average molecular weight is 245 g/mol. The molecule has 0 atom stereocenters. The van der Waals surface area contributed by atoms with Crippen molar-refractivity contribution in [2.24, 2.45) is 12.8 Å². The van der Waals surface area contributed by atoms with Crippen molar-refractivity contribution in [2.45, 2.75) is 6.54 Å². The predicted molar refractivity (Wildman–Crippen MR) is 68.1 cm³/mol. The molecule has 0 aliphatic rings. The lowest BCUT2D eigenvalue weighted by Gasteiger charge is -2.18. The van der Waals surface area contributed by atoms with Crippen LogP contribution >= 0.6 is 0 Å². The topological polar surface area (TPSA) is 77.0 Å². The maximum atomic E-state index is 11.1. The lowest BCUT2D eigenvalue weighted by Crippen LogP contribution is -2.18. The van der Waals surface area contributed by atoms with Crippen molar-refractivity contribution in [2.75, 3.05) is 11.9 Å². The number of carbonyl (C=O) groups is 1. The maximum absolute atomic E-state index is 11.1. The number of aromatic nitrogens is 3. The number of nitrogens with two attached hydrogens (primary N) is 1. The van der Waals surface area contributed by atoms with Crippen LogP contribution in [0.2, 0.25) is 0 Å². The highest BCUT2D eigenvalue weighted by Gasteiger charge is 2.07. The molecule has 0 bridgehead atoms. The van der Waals surface area contributed by atoms with Crippen molar-refractivity contribution in [3.05, 3.63) is 42.0 Å². The Bertz CT molecular complexity index is 563. The van der Waals surface area contributed by atoms with Crippen molar-refractivity contribution in [3.63, 3.8) is 0 Å². The zero-order chi connectivity index (χ0) is 13.1. The highest BCUT2D eigenvalue weighted by molar-refractivity contribution is 5.91. The molecule has 2 N–H and O–H groups in total. The molecule has 6 heteroatoms. The van der Waals surface area contributed by atoms with Crippen molar-refractivity contribution in [3.8, 4) is 0 Å². The van der Waals surface area contributed by atoms with E-state index >= 15 is 0 Å². The molecule has 2 aromatic heterocycles. The van der Waals surface area contributed by atoms with Crippen LogP contribution in [0.25, 0.3) is 0 Å². The van der Waals surface area contributed by atoms with Crippen LogP contribution < -0.4 is 10.6 Å². The first-order valence-corrected chi connectivity index (χ1v) is 5.51. The monoisotopic (exact) mass is 245 g/mol. The van der Waals surface area contributed by atoms with Gasteiger partial charge in [-0.25, -0.2) is 0 Å². The standard InChI is InChI=1S/C12H15N5O/c1-16(7-9-6-15-17(2)8-9)10-3-4-14-11(5-10)12(13)18/h3-6,8H,7H2,1-2H3,(H2,13,18). The van der Waals surface area contributed by atoms with Gasteiger partial charge in [0.05, 0.1) is 6.20 Å². The van der Waals surface area contributed by atoms with Crippen LogP contribution in [0, 0.1) is 0 Å². The summed E-state index contributed by atoms with van der Waals surface area (Å²) in [5, 5.41) is 4.11. The van der Waals surface area contributed by atoms with Gasteiger partial charge >= 0.3 is 0 Å². The summed E-state index contributed by atoms with van der Waals surface area (Å²) in [4.78, 5) is 17.0. The second kappa shape index (κ2) is 4.87. The van der Waals surface area contributed by atoms with Gasteiger partial charge in [0, 0.05) is 44.3 Å². The van der Waals surface area contributed by atoms with E-state index in [0.29, 0.717) is 6.54 Å². The number of pyridine rings is 1. The van der Waals surface area contributed by atoms with Crippen LogP contribution in [0.1, 0.15) is 16.1 Å². The second-order valence-electron chi connectivity index (χ2n) is 4.14. The SMILES string of the molecule is CN(Cc1cnn(C)c1)c1ccnc(C(N)=O)c1. The van der Waals surface area contributed by atoms with Crippen LogP contribution in [0.4, 0.5) is 5.69 Å². The van der Waals surface area contributed by atoms with Gasteiger partial charge in [0.1, 0.15) is 5.69 Å². The summed E-state index contributed by atoms with van der Waals surface area (Å²) < 4.78 is 1.75. The van der Waals surface area contributed by atoms with E-state index in [1.165, 1.54) is 0 Å². The third-order valence-electron chi connectivity index (χ3n) is 2.61. The molecule has 0 radical (unpaired) electrons. The first kappa shape index (κ1) is 12.1. The molecular weight excluding hydrogens is 230 g/mol. The second-order valence-corrected chi connectivity index (χ2v) is 4.14. The lowest BCUT2D eigenvalue weighted by atomic mass is 10.2. The molecule has 0 saturated carbocycles. The molecule has 18 heavy (non-hydrogen) atoms. The van der Waals surface area contributed by atoms with E-state index in [2.05, 4.69) is 10.1 Å². The Morgan fingerprint density at radius 3 is 2.94 bits per heavy atom. The quantitative estimate of drug-likeness (QED) is 0.853. The Hall–Kier alpha value is -2.37. The number of hydrogen-bond donors (Lipinski definition) is 1. The Morgan fingerprint density at radius 2 is 2.33 bits per heavy atom. The molecule has 0 aliphatic carbocycles. The van der Waals surface area contributed by atoms with E-state index in [9.17, 15) is 4.79 Å². The molecule has 2 heterocycles. The van der Waals surface area contributed by atoms with Gasteiger partial charge in [-0.2, -0.15) is 5.10 Å². The van der Waals surface area contributed by atoms with E-state index in [1.54, 1.807) is 16.9 Å². The molecule has 0 aliphatic heterocycles. The van der Waals surface area contributed by atoms with Gasteiger partial charge in [-0.05, 0) is 12.1 Å². The average Bonchev–Trinajstić information content (AvgIpc) is 2.75. The maximum Gasteiger partial charge on any atom is 0.267 e. The normalized spacial score (nSPS) is 10.3. The number of aryl methyl sites for hydroxylation is 1. The summed E-state index contributed by atoms with van der Waals surface area (Å²) in [5.74, 6) is -0.522. The minimum Gasteiger partial charge on any atom is -0.370 e. The van der Waals surface area contributed by atoms with Gasteiger partial charge in [0.15, 0.2) is 0 Å². The molecule has 0 aromatic carbocycles. The number of carbonyl (C=O) groups excluding carboxylic acids is 1. The molecular formula is C12H15N5O. The van der Waals surface area contributed by atoms with Gasteiger partial charge in [-0.1, -0.05) is 0 Å². The molecule has 2 aromatic rings. The van der Waals surface area contributed by atoms with E-state index in [-0.39, 0.29) is 5.69 Å². The molecule has 0 fully saturated rings. The van der Waals surface area contributed by atoms with E-state index in [4.69, 9.17) is 5.73 Å². The number of amides is 1. The highest BCUT2D eigenvalue weighted by Crippen LogP contribution is 2.15. The highest BCUT2D eigenvalue weighted by atomic mass is 16.1. The van der Waals surface area contributed by atoms with Crippen LogP contribution in [0.5, 0.6) is 0 Å². The third-order valence-corrected chi connectivity index (χ3v) is 2.61. The fraction of sp³-hybridized carbons (Fsp3) is 0.250. The number of nitrogens with zero attached hydrogens (tertiary/aromatic N) is 4. The summed E-state index contributed by atoms with van der Waals surface area (Å²) in [6, 6.07) is 3.52. The van der Waals surface area contributed by atoms with E-state index in [0.717, 1.165) is 11.3 Å². The fourth-order valence-corrected chi connectivity index (χ4v) is 1.71.